The molecule has 0 spiro atoms. The van der Waals surface area contributed by atoms with E-state index in [0.717, 1.165) is 17.7 Å². The molecule has 3 N–H and O–H groups in total. The molecule has 0 fully saturated rings. The molecule has 0 aliphatic carbocycles. The van der Waals surface area contributed by atoms with E-state index in [2.05, 4.69) is 0 Å². The van der Waals surface area contributed by atoms with E-state index < -0.39 is 17.7 Å². The normalized spacial score (nSPS) is 10.5. The van der Waals surface area contributed by atoms with Gasteiger partial charge in [0, 0.05) is 17.2 Å². The van der Waals surface area contributed by atoms with E-state index in [1.54, 1.807) is 48.5 Å². The second-order valence-corrected chi connectivity index (χ2v) is 4.52. The molecule has 0 aliphatic heterocycles. The van der Waals surface area contributed by atoms with E-state index in [-0.39, 0.29) is 0 Å². The summed E-state index contributed by atoms with van der Waals surface area (Å²) in [6, 6.07) is 13.4. The third-order valence-electron chi connectivity index (χ3n) is 3.05. The highest BCUT2D eigenvalue weighted by Gasteiger charge is 2.10. The summed E-state index contributed by atoms with van der Waals surface area (Å²) < 4.78 is 0. The number of allylic oxidation sites excluding steroid dienone is 1. The standard InChI is InChI=1S/C17H13NO4/c18-17(22)14-4-2-1-3-13(14)11-5-7-12(8-6-11)15(19)9-10-16(20)21/h1-10H,(H2,18,22)(H,20,21). The van der Waals surface area contributed by atoms with E-state index in [4.69, 9.17) is 10.8 Å². The quantitative estimate of drug-likeness (QED) is 0.653. The van der Waals surface area contributed by atoms with Crippen LogP contribution in [-0.4, -0.2) is 22.8 Å². The molecular weight excluding hydrogens is 282 g/mol. The average Bonchev–Trinajstić information content (AvgIpc) is 2.52. The van der Waals surface area contributed by atoms with Crippen LogP contribution in [0.25, 0.3) is 11.1 Å². The lowest BCUT2D eigenvalue weighted by Gasteiger charge is -2.07. The maximum absolute atomic E-state index is 11.7. The molecule has 22 heavy (non-hydrogen) atoms. The Morgan fingerprint density at radius 1 is 0.909 bits per heavy atom. The fourth-order valence-corrected chi connectivity index (χ4v) is 2.01. The molecule has 0 radical (unpaired) electrons. The first-order valence-electron chi connectivity index (χ1n) is 6.43. The minimum Gasteiger partial charge on any atom is -0.478 e. The van der Waals surface area contributed by atoms with E-state index in [1.165, 1.54) is 0 Å². The number of primary amides is 1. The first kappa shape index (κ1) is 15.2. The highest BCUT2D eigenvalue weighted by molar-refractivity contribution is 6.07. The zero-order chi connectivity index (χ0) is 16.1. The Morgan fingerprint density at radius 3 is 2.14 bits per heavy atom. The average molecular weight is 295 g/mol. The summed E-state index contributed by atoms with van der Waals surface area (Å²) in [5.41, 5.74) is 7.51. The molecule has 2 aromatic carbocycles. The van der Waals surface area contributed by atoms with Gasteiger partial charge in [0.25, 0.3) is 0 Å². The fourth-order valence-electron chi connectivity index (χ4n) is 2.01. The molecular formula is C17H13NO4. The Labute approximate surface area is 126 Å². The molecule has 0 heterocycles. The van der Waals surface area contributed by atoms with Gasteiger partial charge in [0.2, 0.25) is 5.91 Å². The predicted molar refractivity (Wildman–Crippen MR) is 81.5 cm³/mol. The van der Waals surface area contributed by atoms with Crippen LogP contribution in [0.4, 0.5) is 0 Å². The van der Waals surface area contributed by atoms with Crippen molar-refractivity contribution in [1.29, 1.82) is 0 Å². The van der Waals surface area contributed by atoms with Gasteiger partial charge in [-0.25, -0.2) is 4.79 Å². The molecule has 0 saturated heterocycles. The van der Waals surface area contributed by atoms with Crippen molar-refractivity contribution in [2.45, 2.75) is 0 Å². The van der Waals surface area contributed by atoms with Gasteiger partial charge in [-0.3, -0.25) is 9.59 Å². The van der Waals surface area contributed by atoms with Gasteiger partial charge in [-0.15, -0.1) is 0 Å². The van der Waals surface area contributed by atoms with Crippen molar-refractivity contribution in [1.82, 2.24) is 0 Å². The molecule has 0 aromatic heterocycles. The molecule has 0 unspecified atom stereocenters. The van der Waals surface area contributed by atoms with Gasteiger partial charge in [-0.1, -0.05) is 42.5 Å². The number of carboxylic acids is 1. The maximum Gasteiger partial charge on any atom is 0.328 e. The summed E-state index contributed by atoms with van der Waals surface area (Å²) in [5, 5.41) is 8.50. The summed E-state index contributed by atoms with van der Waals surface area (Å²) >= 11 is 0. The molecule has 110 valence electrons. The van der Waals surface area contributed by atoms with Crippen LogP contribution in [0.15, 0.2) is 60.7 Å². The number of carboxylic acid groups (broad SMARTS) is 1. The topological polar surface area (TPSA) is 97.5 Å². The summed E-state index contributed by atoms with van der Waals surface area (Å²) in [4.78, 5) is 33.6. The van der Waals surface area contributed by atoms with E-state index in [1.807, 2.05) is 0 Å². The lowest BCUT2D eigenvalue weighted by molar-refractivity contribution is -0.131. The summed E-state index contributed by atoms with van der Waals surface area (Å²) in [7, 11) is 0. The number of aliphatic carboxylic acids is 1. The summed E-state index contributed by atoms with van der Waals surface area (Å²) in [6.45, 7) is 0. The van der Waals surface area contributed by atoms with Crippen molar-refractivity contribution in [3.63, 3.8) is 0 Å². The van der Waals surface area contributed by atoms with Crippen LogP contribution in [-0.2, 0) is 4.79 Å². The van der Waals surface area contributed by atoms with E-state index in [9.17, 15) is 14.4 Å². The van der Waals surface area contributed by atoms with Crippen molar-refractivity contribution in [2.75, 3.05) is 0 Å². The van der Waals surface area contributed by atoms with Gasteiger partial charge in [-0.05, 0) is 23.3 Å². The van der Waals surface area contributed by atoms with Crippen LogP contribution in [0.2, 0.25) is 0 Å². The molecule has 0 aliphatic rings. The van der Waals surface area contributed by atoms with E-state index >= 15 is 0 Å². The van der Waals surface area contributed by atoms with Gasteiger partial charge in [0.15, 0.2) is 5.78 Å². The van der Waals surface area contributed by atoms with Gasteiger partial charge in [0.1, 0.15) is 0 Å². The van der Waals surface area contributed by atoms with Crippen molar-refractivity contribution in [2.24, 2.45) is 5.73 Å². The summed E-state index contributed by atoms with van der Waals surface area (Å²) in [5.74, 6) is -2.11. The Kier molecular flexibility index (Phi) is 4.48. The highest BCUT2D eigenvalue weighted by atomic mass is 16.4. The molecule has 2 aromatic rings. The zero-order valence-corrected chi connectivity index (χ0v) is 11.5. The number of carbonyl (C=O) groups is 3. The van der Waals surface area contributed by atoms with Crippen LogP contribution in [0.1, 0.15) is 20.7 Å². The van der Waals surface area contributed by atoms with Crippen molar-refractivity contribution < 1.29 is 19.5 Å². The molecule has 0 bridgehead atoms. The number of benzene rings is 2. The molecule has 1 amide bonds. The highest BCUT2D eigenvalue weighted by Crippen LogP contribution is 2.24. The first-order valence-corrected chi connectivity index (χ1v) is 6.43. The third-order valence-corrected chi connectivity index (χ3v) is 3.05. The Morgan fingerprint density at radius 2 is 1.55 bits per heavy atom. The number of nitrogens with two attached hydrogens (primary N) is 1. The maximum atomic E-state index is 11.7. The lowest BCUT2D eigenvalue weighted by Crippen LogP contribution is -2.12. The van der Waals surface area contributed by atoms with Crippen LogP contribution in [0, 0.1) is 0 Å². The van der Waals surface area contributed by atoms with Gasteiger partial charge >= 0.3 is 5.97 Å². The molecule has 2 rings (SSSR count). The van der Waals surface area contributed by atoms with E-state index in [0.29, 0.717) is 16.7 Å². The number of hydrogen-bond acceptors (Lipinski definition) is 3. The van der Waals surface area contributed by atoms with Crippen molar-refractivity contribution >= 4 is 17.7 Å². The smallest absolute Gasteiger partial charge is 0.328 e. The molecule has 0 atom stereocenters. The largest absolute Gasteiger partial charge is 0.478 e. The first-order chi connectivity index (χ1) is 10.5. The molecule has 0 saturated carbocycles. The second kappa shape index (κ2) is 6.49. The SMILES string of the molecule is NC(=O)c1ccccc1-c1ccc(C(=O)C=CC(=O)O)cc1. The number of ketones is 1. The number of hydrogen-bond donors (Lipinski definition) is 2. The molecule has 5 nitrogen and oxygen atoms in total. The monoisotopic (exact) mass is 295 g/mol. The van der Waals surface area contributed by atoms with Crippen molar-refractivity contribution in [3.8, 4) is 11.1 Å². The number of rotatable bonds is 5. The van der Waals surface area contributed by atoms with Crippen LogP contribution in [0.5, 0.6) is 0 Å². The minimum atomic E-state index is -1.18. The zero-order valence-electron chi connectivity index (χ0n) is 11.5. The molecule has 5 heteroatoms. The Hall–Kier alpha value is -3.21. The van der Waals surface area contributed by atoms with Crippen LogP contribution < -0.4 is 5.73 Å². The van der Waals surface area contributed by atoms with Crippen molar-refractivity contribution in [3.05, 3.63) is 71.8 Å². The Bertz CT molecular complexity index is 760. The van der Waals surface area contributed by atoms with Gasteiger partial charge < -0.3 is 10.8 Å². The number of amides is 1. The third kappa shape index (κ3) is 3.46. The predicted octanol–water partition coefficient (Wildman–Crippen LogP) is 2.28. The summed E-state index contributed by atoms with van der Waals surface area (Å²) in [6.07, 6.45) is 1.79. The van der Waals surface area contributed by atoms with Gasteiger partial charge in [-0.2, -0.15) is 0 Å². The second-order valence-electron chi connectivity index (χ2n) is 4.52. The van der Waals surface area contributed by atoms with Gasteiger partial charge in [0.05, 0.1) is 0 Å². The number of carbonyl (C=O) groups excluding carboxylic acids is 2. The fraction of sp³-hybridized carbons (Fsp3) is 0. The lowest BCUT2D eigenvalue weighted by atomic mass is 9.97. The Balaban J connectivity index is 2.32. The van der Waals surface area contributed by atoms with Crippen LogP contribution >= 0.6 is 0 Å². The minimum absolute atomic E-state index is 0.359. The van der Waals surface area contributed by atoms with Crippen LogP contribution in [0.3, 0.4) is 0 Å².